The Balaban J connectivity index is 0.000000202. The third kappa shape index (κ3) is 9.34. The molecule has 0 saturated carbocycles. The summed E-state index contributed by atoms with van der Waals surface area (Å²) in [6.07, 6.45) is 4.32. The highest BCUT2D eigenvalue weighted by Crippen LogP contribution is 2.37. The number of rotatable bonds is 6. The standard InChI is InChI=1S/C18H21BrN2O3.C14H11BrN2O2/c1-18(2,3)24-17(23)21-15(12-6-4-8-14(19)10-12)16(22)13-7-5-9-20-11-13;15-11-5-1-3-9(7-11)12-13(19-14(18)17-12)10-4-2-6-16-8-10/h4-11,15-16,22H,1-3H3,(H,21,23);1-8,12-13H,(H,17,18)/t15-,16-;12-,13-/m11/s1. The molecule has 1 aliphatic rings. The fourth-order valence-corrected chi connectivity index (χ4v) is 5.24. The monoisotopic (exact) mass is 710 g/mol. The van der Waals surface area contributed by atoms with E-state index in [0.29, 0.717) is 5.56 Å². The van der Waals surface area contributed by atoms with Gasteiger partial charge in [-0.2, -0.15) is 0 Å². The number of aliphatic hydroxyl groups is 1. The third-order valence-electron chi connectivity index (χ3n) is 6.25. The molecule has 1 saturated heterocycles. The molecule has 1 aliphatic heterocycles. The number of cyclic esters (lactones) is 1. The number of aromatic nitrogens is 2. The van der Waals surface area contributed by atoms with Crippen molar-refractivity contribution in [3.63, 3.8) is 0 Å². The smallest absolute Gasteiger partial charge is 0.408 e. The molecule has 5 rings (SSSR count). The van der Waals surface area contributed by atoms with E-state index < -0.39 is 29.9 Å². The van der Waals surface area contributed by atoms with Crippen molar-refractivity contribution in [1.29, 1.82) is 0 Å². The van der Waals surface area contributed by atoms with Crippen LogP contribution in [0.25, 0.3) is 0 Å². The molecular formula is C32H32Br2N4O5. The van der Waals surface area contributed by atoms with Crippen LogP contribution >= 0.6 is 31.9 Å². The Hall–Kier alpha value is -3.80. The molecule has 0 aliphatic carbocycles. The maximum Gasteiger partial charge on any atom is 0.408 e. The van der Waals surface area contributed by atoms with Gasteiger partial charge in [-0.05, 0) is 68.3 Å². The molecule has 0 radical (unpaired) electrons. The average Bonchev–Trinajstić information content (AvgIpc) is 3.37. The van der Waals surface area contributed by atoms with Crippen LogP contribution in [0, 0.1) is 0 Å². The first kappa shape index (κ1) is 32.1. The summed E-state index contributed by atoms with van der Waals surface area (Å²) in [5.74, 6) is 0. The first-order chi connectivity index (χ1) is 20.5. The van der Waals surface area contributed by atoms with Gasteiger partial charge in [0.25, 0.3) is 0 Å². The molecule has 9 nitrogen and oxygen atoms in total. The quantitative estimate of drug-likeness (QED) is 0.189. The van der Waals surface area contributed by atoms with E-state index in [1.165, 1.54) is 0 Å². The molecule has 3 N–H and O–H groups in total. The van der Waals surface area contributed by atoms with Crippen LogP contribution in [-0.2, 0) is 9.47 Å². The molecule has 0 unspecified atom stereocenters. The lowest BCUT2D eigenvalue weighted by Crippen LogP contribution is -2.37. The number of ether oxygens (including phenoxy) is 2. The van der Waals surface area contributed by atoms with Crippen molar-refractivity contribution in [1.82, 2.24) is 20.6 Å². The molecular weight excluding hydrogens is 680 g/mol. The van der Waals surface area contributed by atoms with Gasteiger partial charge in [-0.3, -0.25) is 9.97 Å². The first-order valence-electron chi connectivity index (χ1n) is 13.5. The normalized spacial score (nSPS) is 17.4. The van der Waals surface area contributed by atoms with Gasteiger partial charge in [0.05, 0.1) is 12.1 Å². The molecule has 11 heteroatoms. The average molecular weight is 712 g/mol. The van der Waals surface area contributed by atoms with E-state index in [0.717, 1.165) is 25.6 Å². The Labute approximate surface area is 267 Å². The van der Waals surface area contributed by atoms with Crippen molar-refractivity contribution in [2.24, 2.45) is 0 Å². The maximum absolute atomic E-state index is 12.2. The van der Waals surface area contributed by atoms with Crippen LogP contribution in [0.5, 0.6) is 0 Å². The van der Waals surface area contributed by atoms with E-state index in [-0.39, 0.29) is 12.1 Å². The molecule has 2 aromatic carbocycles. The highest BCUT2D eigenvalue weighted by atomic mass is 79.9. The van der Waals surface area contributed by atoms with E-state index >= 15 is 0 Å². The topological polar surface area (TPSA) is 123 Å². The summed E-state index contributed by atoms with van der Waals surface area (Å²) < 4.78 is 12.5. The second-order valence-corrected chi connectivity index (χ2v) is 12.5. The molecule has 0 bridgehead atoms. The van der Waals surface area contributed by atoms with Gasteiger partial charge in [0.2, 0.25) is 0 Å². The van der Waals surface area contributed by atoms with E-state index in [4.69, 9.17) is 9.47 Å². The van der Waals surface area contributed by atoms with Crippen LogP contribution in [0.2, 0.25) is 0 Å². The van der Waals surface area contributed by atoms with Crippen molar-refractivity contribution >= 4 is 44.0 Å². The lowest BCUT2D eigenvalue weighted by molar-refractivity contribution is 0.0419. The lowest BCUT2D eigenvalue weighted by Gasteiger charge is -2.27. The first-order valence-corrected chi connectivity index (χ1v) is 15.0. The van der Waals surface area contributed by atoms with Gasteiger partial charge in [-0.1, -0.05) is 68.3 Å². The van der Waals surface area contributed by atoms with Crippen molar-refractivity contribution in [2.75, 3.05) is 0 Å². The predicted molar refractivity (Wildman–Crippen MR) is 169 cm³/mol. The number of alkyl carbamates (subject to hydrolysis) is 2. The summed E-state index contributed by atoms with van der Waals surface area (Å²) in [5.41, 5.74) is 2.62. The number of pyridine rings is 2. The molecule has 2 amide bonds. The number of hydrogen-bond acceptors (Lipinski definition) is 7. The van der Waals surface area contributed by atoms with Crippen LogP contribution in [0.3, 0.4) is 0 Å². The Morgan fingerprint density at radius 3 is 2.16 bits per heavy atom. The van der Waals surface area contributed by atoms with Crippen molar-refractivity contribution < 1.29 is 24.2 Å². The Morgan fingerprint density at radius 2 is 1.56 bits per heavy atom. The van der Waals surface area contributed by atoms with Gasteiger partial charge in [0.15, 0.2) is 6.10 Å². The molecule has 43 heavy (non-hydrogen) atoms. The van der Waals surface area contributed by atoms with Crippen molar-refractivity contribution in [2.45, 2.75) is 50.7 Å². The number of carbonyl (C=O) groups is 2. The van der Waals surface area contributed by atoms with Gasteiger partial charge in [-0.15, -0.1) is 0 Å². The molecule has 3 heterocycles. The SMILES string of the molecule is CC(C)(C)OC(=O)N[C@H](c1cccc(Br)c1)[C@H](O)c1cccnc1.O=C1N[C@H](c2cccc(Br)c2)[C@@H](c2cccnc2)O1. The van der Waals surface area contributed by atoms with Crippen molar-refractivity contribution in [3.05, 3.63) is 129 Å². The van der Waals surface area contributed by atoms with E-state index in [2.05, 4.69) is 52.5 Å². The minimum absolute atomic E-state index is 0.200. The Bertz CT molecular complexity index is 1520. The molecule has 0 spiro atoms. The van der Waals surface area contributed by atoms with Crippen LogP contribution in [0.1, 0.15) is 67.3 Å². The number of halogens is 2. The second-order valence-electron chi connectivity index (χ2n) is 10.7. The minimum atomic E-state index is -0.958. The van der Waals surface area contributed by atoms with Crippen LogP contribution in [0.15, 0.2) is 107 Å². The lowest BCUT2D eigenvalue weighted by atomic mass is 9.97. The molecule has 2 aromatic heterocycles. The fraction of sp³-hybridized carbons (Fsp3) is 0.250. The van der Waals surface area contributed by atoms with Crippen LogP contribution < -0.4 is 10.6 Å². The van der Waals surface area contributed by atoms with Gasteiger partial charge in [0.1, 0.15) is 11.7 Å². The van der Waals surface area contributed by atoms with Crippen LogP contribution in [-0.4, -0.2) is 32.9 Å². The molecule has 1 fully saturated rings. The third-order valence-corrected chi connectivity index (χ3v) is 7.24. The zero-order valence-electron chi connectivity index (χ0n) is 23.8. The summed E-state index contributed by atoms with van der Waals surface area (Å²) in [4.78, 5) is 31.8. The summed E-state index contributed by atoms with van der Waals surface area (Å²) in [6.45, 7) is 5.37. The van der Waals surface area contributed by atoms with Crippen molar-refractivity contribution in [3.8, 4) is 0 Å². The molecule has 224 valence electrons. The zero-order valence-corrected chi connectivity index (χ0v) is 26.9. The largest absolute Gasteiger partial charge is 0.444 e. The summed E-state index contributed by atoms with van der Waals surface area (Å²) in [7, 11) is 0. The second kappa shape index (κ2) is 14.6. The summed E-state index contributed by atoms with van der Waals surface area (Å²) in [6, 6.07) is 21.6. The fourth-order valence-electron chi connectivity index (χ4n) is 4.41. The predicted octanol–water partition coefficient (Wildman–Crippen LogP) is 7.51. The number of hydrogen-bond donors (Lipinski definition) is 3. The van der Waals surface area contributed by atoms with Gasteiger partial charge in [-0.25, -0.2) is 9.59 Å². The number of benzene rings is 2. The number of nitrogens with zero attached hydrogens (tertiary/aromatic N) is 2. The van der Waals surface area contributed by atoms with E-state index in [1.807, 2.05) is 60.7 Å². The Kier molecular flexibility index (Phi) is 10.9. The van der Waals surface area contributed by atoms with E-state index in [9.17, 15) is 14.7 Å². The highest BCUT2D eigenvalue weighted by Gasteiger charge is 2.36. The van der Waals surface area contributed by atoms with E-state index in [1.54, 1.807) is 57.7 Å². The number of aliphatic hydroxyl groups excluding tert-OH is 1. The highest BCUT2D eigenvalue weighted by molar-refractivity contribution is 9.10. The summed E-state index contributed by atoms with van der Waals surface area (Å²) >= 11 is 6.85. The van der Waals surface area contributed by atoms with Gasteiger partial charge in [0, 0.05) is 44.9 Å². The molecule has 4 aromatic rings. The van der Waals surface area contributed by atoms with Crippen LogP contribution in [0.4, 0.5) is 9.59 Å². The number of carbonyl (C=O) groups excluding carboxylic acids is 2. The number of nitrogens with one attached hydrogen (secondary N) is 2. The summed E-state index contributed by atoms with van der Waals surface area (Å²) in [5, 5.41) is 16.3. The minimum Gasteiger partial charge on any atom is -0.444 e. The Morgan fingerprint density at radius 1 is 0.930 bits per heavy atom. The zero-order chi connectivity index (χ0) is 31.0. The van der Waals surface area contributed by atoms with Gasteiger partial charge >= 0.3 is 12.2 Å². The maximum atomic E-state index is 12.2. The molecule has 4 atom stereocenters. The van der Waals surface area contributed by atoms with Gasteiger partial charge < -0.3 is 25.2 Å². The number of amides is 2.